The fourth-order valence-corrected chi connectivity index (χ4v) is 16.7. The first-order valence-corrected chi connectivity index (χ1v) is 39.0. The summed E-state index contributed by atoms with van der Waals surface area (Å²) >= 11 is 4.45. The highest BCUT2D eigenvalue weighted by Crippen LogP contribution is 2.50. The number of aryl methyl sites for hydroxylation is 6. The predicted octanol–water partition coefficient (Wildman–Crippen LogP) is 16.0. The van der Waals surface area contributed by atoms with Gasteiger partial charge in [0.05, 0.1) is 49.9 Å². The molecule has 2 fully saturated rings. The van der Waals surface area contributed by atoms with Crippen molar-refractivity contribution in [2.24, 2.45) is 11.8 Å². The second kappa shape index (κ2) is 35.8. The number of carboxylic acid groups (broad SMARTS) is 2. The molecule has 4 aliphatic heterocycles. The third-order valence-electron chi connectivity index (χ3n) is 19.3. The lowest BCUT2D eigenvalue weighted by Crippen LogP contribution is -2.35. The van der Waals surface area contributed by atoms with Gasteiger partial charge >= 0.3 is 11.9 Å². The Kier molecular flexibility index (Phi) is 26.2. The summed E-state index contributed by atoms with van der Waals surface area (Å²) in [4.78, 5) is 57.8. The number of thiophene rings is 1. The summed E-state index contributed by atoms with van der Waals surface area (Å²) in [5.41, 5.74) is 11.9. The van der Waals surface area contributed by atoms with Crippen molar-refractivity contribution in [1.82, 2.24) is 15.0 Å². The van der Waals surface area contributed by atoms with Crippen LogP contribution in [0, 0.1) is 32.6 Å². The van der Waals surface area contributed by atoms with E-state index in [0.717, 1.165) is 103 Å². The van der Waals surface area contributed by atoms with Crippen LogP contribution in [0.5, 0.6) is 34.5 Å². The van der Waals surface area contributed by atoms with Crippen LogP contribution in [0.25, 0.3) is 10.4 Å². The number of rotatable bonds is 27. The van der Waals surface area contributed by atoms with Gasteiger partial charge in [0.2, 0.25) is 25.4 Å². The number of carboxylic acids is 2. The van der Waals surface area contributed by atoms with Crippen LogP contribution in [0.4, 0.5) is 17.3 Å². The van der Waals surface area contributed by atoms with Gasteiger partial charge in [-0.05, 0) is 187 Å². The quantitative estimate of drug-likeness (QED) is 0.0299. The number of aliphatic carboxylic acids is 2. The van der Waals surface area contributed by atoms with E-state index in [9.17, 15) is 37.8 Å². The van der Waals surface area contributed by atoms with Gasteiger partial charge in [-0.3, -0.25) is 29.0 Å². The number of sulfonamides is 1. The Morgan fingerprint density at radius 3 is 1.54 bits per heavy atom. The summed E-state index contributed by atoms with van der Waals surface area (Å²) in [5.74, 6) is -0.506. The molecule has 22 nitrogen and oxygen atoms in total. The van der Waals surface area contributed by atoms with E-state index in [1.165, 1.54) is 11.3 Å². The highest BCUT2D eigenvalue weighted by atomic mass is 79.9. The molecule has 9 aromatic rings. The molecule has 0 saturated carbocycles. The van der Waals surface area contributed by atoms with Gasteiger partial charge in [0.1, 0.15) is 26.8 Å². The Bertz CT molecular complexity index is 4680. The number of likely N-dealkylation sites (tertiary alicyclic amines) is 2. The second-order valence-corrected chi connectivity index (χ2v) is 30.7. The van der Waals surface area contributed by atoms with Crippen molar-refractivity contribution in [2.75, 3.05) is 74.9 Å². The van der Waals surface area contributed by atoms with Crippen LogP contribution in [0.3, 0.4) is 0 Å². The van der Waals surface area contributed by atoms with Gasteiger partial charge in [0, 0.05) is 53.3 Å². The molecular formula is C82H91BrN6O16S2. The Morgan fingerprint density at radius 1 is 0.589 bits per heavy atom. The van der Waals surface area contributed by atoms with E-state index in [1.54, 1.807) is 19.1 Å². The zero-order valence-corrected chi connectivity index (χ0v) is 64.6. The minimum Gasteiger partial charge on any atom is -0.494 e. The fraction of sp³-hybridized carbons (Fsp3) is 0.354. The molecular weight excluding hydrogens is 1470 g/mol. The van der Waals surface area contributed by atoms with Gasteiger partial charge in [0.25, 0.3) is 15.9 Å². The van der Waals surface area contributed by atoms with Crippen molar-refractivity contribution in [3.63, 3.8) is 0 Å². The van der Waals surface area contributed by atoms with E-state index < -0.39 is 45.9 Å². The maximum atomic E-state index is 13.6. The third kappa shape index (κ3) is 19.0. The molecule has 13 rings (SSSR count). The number of hydrogen-bond acceptors (Lipinski definition) is 18. The molecule has 0 radical (unpaired) electrons. The van der Waals surface area contributed by atoms with Crippen LogP contribution in [-0.2, 0) is 53.2 Å². The normalized spacial score (nSPS) is 17.9. The summed E-state index contributed by atoms with van der Waals surface area (Å²) in [6.45, 7) is 20.6. The summed E-state index contributed by atoms with van der Waals surface area (Å²) in [7, 11) is -3.71. The van der Waals surface area contributed by atoms with E-state index in [4.69, 9.17) is 37.7 Å². The number of ether oxygens (including phenoxy) is 7. The number of amides is 2. The molecule has 25 heteroatoms. The lowest BCUT2D eigenvalue weighted by molar-refractivity contribution is -0.144. The van der Waals surface area contributed by atoms with Crippen LogP contribution in [0.15, 0.2) is 171 Å². The van der Waals surface area contributed by atoms with E-state index in [0.29, 0.717) is 71.8 Å². The number of nitrogens with one attached hydrogen (secondary N) is 3. The topological polar surface area (TPSA) is 276 Å². The smallest absolute Gasteiger partial charge is 0.309 e. The zero-order valence-electron chi connectivity index (χ0n) is 61.4. The first kappa shape index (κ1) is 78.3. The van der Waals surface area contributed by atoms with E-state index in [1.807, 2.05) is 190 Å². The molecule has 6 heterocycles. The van der Waals surface area contributed by atoms with E-state index in [-0.39, 0.29) is 66.5 Å². The number of carbonyl (C=O) groups is 4. The standard InChI is InChI=1S/C34H40N2O7.C33H38N2O6.C15H13BrN2O3S2/c1-5-23-8-6-7-22(4)32(23)35-30(37)19-36-18-27(25-11-14-28-29(17-25)43-20-42-28)31(34(38)39)33(36)24-9-12-26(13-10-24)41-16-15-40-21(2)3;1-4-16-39-25-13-10-23(11-14-25)32-30(33(37)38)26(24-12-15-27-28(17-24)41-20-40-27)18-35(32)19-29(36)34-31-21(5-2)8-7-9-22(31)6-3;1-9-3-5-11(6-4-9)12-7-8-13(22-12)23(19,20)18-15-14(16)10(2)17-21-15/h6-14,17,21,27,31,33H,5,15-16,18-20H2,1-4H3,(H,35,37)(H,38,39);7-15,17,26,30,32H,4-6,16,18-20H2,1-3H3,(H,34,36)(H,37,38);3-8,18H,1-2H3/t27-,31-,33+;26-,30-,32+;/m11./s1. The molecule has 0 bridgehead atoms. The van der Waals surface area contributed by atoms with Crippen LogP contribution >= 0.6 is 27.3 Å². The monoisotopic (exact) mass is 1560 g/mol. The van der Waals surface area contributed by atoms with Gasteiger partial charge < -0.3 is 58.5 Å². The lowest BCUT2D eigenvalue weighted by Gasteiger charge is -2.27. The number of anilines is 3. The van der Waals surface area contributed by atoms with Crippen molar-refractivity contribution in [3.05, 3.63) is 218 Å². The molecule has 564 valence electrons. The average molecular weight is 1560 g/mol. The van der Waals surface area contributed by atoms with Crippen molar-refractivity contribution >= 4 is 78.3 Å². The fourth-order valence-electron chi connectivity index (χ4n) is 14.0. The zero-order chi connectivity index (χ0) is 76.1. The van der Waals surface area contributed by atoms with Gasteiger partial charge in [-0.2, -0.15) is 0 Å². The molecule has 107 heavy (non-hydrogen) atoms. The number of fused-ring (bicyclic) bond motifs is 2. The molecule has 4 aliphatic rings. The summed E-state index contributed by atoms with van der Waals surface area (Å²) in [6.07, 6.45) is 3.41. The van der Waals surface area contributed by atoms with Gasteiger partial charge in [0.15, 0.2) is 23.0 Å². The predicted molar refractivity (Wildman–Crippen MR) is 414 cm³/mol. The number of para-hydroxylation sites is 2. The Morgan fingerprint density at radius 2 is 1.07 bits per heavy atom. The molecule has 2 saturated heterocycles. The van der Waals surface area contributed by atoms with E-state index in [2.05, 4.69) is 57.2 Å². The van der Waals surface area contributed by atoms with Crippen molar-refractivity contribution < 1.29 is 75.5 Å². The number of halogens is 1. The van der Waals surface area contributed by atoms with E-state index >= 15 is 0 Å². The van der Waals surface area contributed by atoms with Crippen LogP contribution in [-0.4, -0.2) is 123 Å². The molecule has 2 amide bonds. The number of hydrogen-bond donors (Lipinski definition) is 5. The van der Waals surface area contributed by atoms with Crippen molar-refractivity contribution in [2.45, 2.75) is 122 Å². The van der Waals surface area contributed by atoms with Crippen LogP contribution < -0.4 is 43.8 Å². The molecule has 0 aliphatic carbocycles. The number of nitrogens with zero attached hydrogens (tertiary/aromatic N) is 3. The maximum absolute atomic E-state index is 13.6. The maximum Gasteiger partial charge on any atom is 0.309 e. The first-order chi connectivity index (χ1) is 51.5. The van der Waals surface area contributed by atoms with Crippen LogP contribution in [0.2, 0.25) is 0 Å². The molecule has 5 N–H and O–H groups in total. The minimum atomic E-state index is -3.71. The Balaban J connectivity index is 0.000000167. The van der Waals surface area contributed by atoms with Gasteiger partial charge in [-0.15, -0.1) is 11.3 Å². The molecule has 0 spiro atoms. The second-order valence-electron chi connectivity index (χ2n) is 26.9. The Labute approximate surface area is 636 Å². The SMILES string of the molecule is CCCOc1ccc([C@H]2[C@H](C(=O)O)[C@@H](c3ccc4c(c3)OCO4)CN2CC(=O)Nc2c(CC)cccc2CC)cc1.CCc1cccc(C)c1NC(=O)CN1C[C@H](c2ccc3c(c2)OCO3)[C@@H](C(=O)O)[C@@H]1c1ccc(OCCOC(C)C)cc1.Cc1ccc(-c2ccc(S(=O)(=O)Nc3onc(C)c3Br)s2)cc1. The molecule has 0 unspecified atom stereocenters. The summed E-state index contributed by atoms with van der Waals surface area (Å²) in [5, 5.41) is 31.1. The third-order valence-corrected chi connectivity index (χ3v) is 23.2. The number of carbonyl (C=O) groups excluding carboxylic acids is 2. The molecule has 6 atom stereocenters. The highest BCUT2D eigenvalue weighted by Gasteiger charge is 2.50. The minimum absolute atomic E-state index is 0.0395. The number of aromatic nitrogens is 1. The average Bonchev–Trinajstić information content (AvgIpc) is 1.62. The number of benzene rings is 7. The van der Waals surface area contributed by atoms with Crippen molar-refractivity contribution in [1.29, 1.82) is 0 Å². The van der Waals surface area contributed by atoms with Crippen molar-refractivity contribution in [3.8, 4) is 44.9 Å². The summed E-state index contributed by atoms with van der Waals surface area (Å²) < 4.78 is 72.3. The van der Waals surface area contributed by atoms with Gasteiger partial charge in [-0.25, -0.2) is 13.1 Å². The van der Waals surface area contributed by atoms with Gasteiger partial charge in [-0.1, -0.05) is 135 Å². The van der Waals surface area contributed by atoms with Crippen LogP contribution in [0.1, 0.15) is 128 Å². The highest BCUT2D eigenvalue weighted by molar-refractivity contribution is 9.10. The Hall–Kier alpha value is -9.76. The lowest BCUT2D eigenvalue weighted by atomic mass is 9.82. The molecule has 7 aromatic carbocycles. The largest absolute Gasteiger partial charge is 0.494 e. The first-order valence-electron chi connectivity index (χ1n) is 35.9. The summed E-state index contributed by atoms with van der Waals surface area (Å²) in [6, 6.07) is 48.6. The molecule has 2 aromatic heterocycles.